The molecule has 36 heavy (non-hydrogen) atoms. The molecule has 1 saturated carbocycles. The van der Waals surface area contributed by atoms with Crippen molar-refractivity contribution >= 4 is 49.5 Å². The second-order valence-corrected chi connectivity index (χ2v) is 10.4. The van der Waals surface area contributed by atoms with Gasteiger partial charge in [0.2, 0.25) is 5.91 Å². The van der Waals surface area contributed by atoms with Crippen LogP contribution in [0.2, 0.25) is 0 Å². The number of aryl methyl sites for hydroxylation is 1. The van der Waals surface area contributed by atoms with Crippen molar-refractivity contribution in [2.45, 2.75) is 32.7 Å². The molecule has 5 aromatic rings. The minimum atomic E-state index is -0.130. The molecule has 6 rings (SSSR count). The van der Waals surface area contributed by atoms with Gasteiger partial charge in [-0.3, -0.25) is 9.59 Å². The molecule has 7 nitrogen and oxygen atoms in total. The van der Waals surface area contributed by atoms with E-state index in [-0.39, 0.29) is 23.8 Å². The molecular weight excluding hydrogens is 470 g/mol. The normalized spacial score (nSPS) is 14.2. The average molecular weight is 496 g/mol. The van der Waals surface area contributed by atoms with E-state index in [1.165, 1.54) is 11.3 Å². The van der Waals surface area contributed by atoms with Crippen molar-refractivity contribution < 1.29 is 9.59 Å². The second-order valence-electron chi connectivity index (χ2n) is 9.38. The van der Waals surface area contributed by atoms with Crippen LogP contribution in [-0.2, 0) is 4.79 Å². The van der Waals surface area contributed by atoms with Crippen molar-refractivity contribution in [3.05, 3.63) is 77.5 Å². The molecule has 1 aliphatic rings. The van der Waals surface area contributed by atoms with Crippen molar-refractivity contribution in [2.24, 2.45) is 5.92 Å². The number of carbonyl (C=O) groups is 2. The molecule has 2 aromatic carbocycles. The van der Waals surface area contributed by atoms with Crippen molar-refractivity contribution in [1.29, 1.82) is 0 Å². The van der Waals surface area contributed by atoms with Crippen LogP contribution in [0.25, 0.3) is 32.5 Å². The Balaban J connectivity index is 1.27. The van der Waals surface area contributed by atoms with E-state index in [0.717, 1.165) is 56.5 Å². The van der Waals surface area contributed by atoms with Gasteiger partial charge < -0.3 is 15.6 Å². The van der Waals surface area contributed by atoms with Gasteiger partial charge in [0, 0.05) is 28.6 Å². The van der Waals surface area contributed by atoms with Crippen molar-refractivity contribution in [3.8, 4) is 11.3 Å². The molecule has 0 radical (unpaired) electrons. The van der Waals surface area contributed by atoms with E-state index in [4.69, 9.17) is 4.98 Å². The number of hydrogen-bond donors (Lipinski definition) is 3. The fraction of sp³-hybridized carbons (Fsp3) is 0.214. The zero-order valence-corrected chi connectivity index (χ0v) is 20.8. The number of carbonyl (C=O) groups excluding carboxylic acids is 2. The minimum absolute atomic E-state index is 0.0368. The number of benzene rings is 2. The van der Waals surface area contributed by atoms with Crippen LogP contribution in [0.5, 0.6) is 0 Å². The summed E-state index contributed by atoms with van der Waals surface area (Å²) in [6.07, 6.45) is 3.65. The highest BCUT2D eigenvalue weighted by Gasteiger charge is 2.30. The van der Waals surface area contributed by atoms with Gasteiger partial charge in [0.25, 0.3) is 5.91 Å². The van der Waals surface area contributed by atoms with E-state index >= 15 is 0 Å². The number of hydrogen-bond acceptors (Lipinski definition) is 5. The molecule has 1 atom stereocenters. The van der Waals surface area contributed by atoms with Crippen LogP contribution in [0.3, 0.4) is 0 Å². The number of anilines is 1. The molecule has 3 N–H and O–H groups in total. The molecule has 1 fully saturated rings. The van der Waals surface area contributed by atoms with Crippen LogP contribution >= 0.6 is 11.3 Å². The SMILES string of the molecule is Cc1cccc([C@H](C)NC(=O)c2c[nH]c3ccc(-c4ccc5nc(NC(=O)C6CC6)sc5n4)cc23)c1. The van der Waals surface area contributed by atoms with Gasteiger partial charge in [-0.25, -0.2) is 9.97 Å². The lowest BCUT2D eigenvalue weighted by molar-refractivity contribution is -0.117. The molecule has 0 aliphatic heterocycles. The number of H-pyrrole nitrogens is 1. The Bertz CT molecular complexity index is 1630. The van der Waals surface area contributed by atoms with Gasteiger partial charge in [-0.1, -0.05) is 47.2 Å². The van der Waals surface area contributed by atoms with Gasteiger partial charge in [0.05, 0.1) is 17.3 Å². The van der Waals surface area contributed by atoms with Crippen LogP contribution in [0, 0.1) is 12.8 Å². The van der Waals surface area contributed by atoms with Crippen LogP contribution in [0.1, 0.15) is 47.3 Å². The molecule has 0 spiro atoms. The minimum Gasteiger partial charge on any atom is -0.360 e. The van der Waals surface area contributed by atoms with Crippen LogP contribution in [0.15, 0.2) is 60.8 Å². The summed E-state index contributed by atoms with van der Waals surface area (Å²) < 4.78 is 0. The highest BCUT2D eigenvalue weighted by molar-refractivity contribution is 7.22. The van der Waals surface area contributed by atoms with Crippen LogP contribution in [0.4, 0.5) is 5.13 Å². The van der Waals surface area contributed by atoms with E-state index in [2.05, 4.69) is 26.7 Å². The molecule has 180 valence electrons. The molecule has 2 amide bonds. The number of pyridine rings is 1. The van der Waals surface area contributed by atoms with Crippen LogP contribution < -0.4 is 10.6 Å². The lowest BCUT2D eigenvalue weighted by Crippen LogP contribution is -2.26. The van der Waals surface area contributed by atoms with Crippen molar-refractivity contribution in [3.63, 3.8) is 0 Å². The monoisotopic (exact) mass is 495 g/mol. The summed E-state index contributed by atoms with van der Waals surface area (Å²) in [4.78, 5) is 38.5. The molecule has 8 heteroatoms. The number of fused-ring (bicyclic) bond motifs is 2. The first kappa shape index (κ1) is 22.4. The Morgan fingerprint density at radius 1 is 1.08 bits per heavy atom. The summed E-state index contributed by atoms with van der Waals surface area (Å²) in [7, 11) is 0. The predicted molar refractivity (Wildman–Crippen MR) is 143 cm³/mol. The van der Waals surface area contributed by atoms with Gasteiger partial charge >= 0.3 is 0 Å². The molecule has 1 aliphatic carbocycles. The maximum Gasteiger partial charge on any atom is 0.253 e. The number of nitrogens with one attached hydrogen (secondary N) is 3. The summed E-state index contributed by atoms with van der Waals surface area (Å²) in [6.45, 7) is 4.03. The maximum atomic E-state index is 13.2. The third-order valence-electron chi connectivity index (χ3n) is 6.55. The Kier molecular flexibility index (Phi) is 5.53. The van der Waals surface area contributed by atoms with Gasteiger partial charge in [-0.15, -0.1) is 0 Å². The first-order valence-corrected chi connectivity index (χ1v) is 12.8. The smallest absolute Gasteiger partial charge is 0.253 e. The summed E-state index contributed by atoms with van der Waals surface area (Å²) >= 11 is 1.37. The standard InChI is InChI=1S/C28H25N5O2S/c1-15-4-3-5-18(12-15)16(2)30-26(35)21-14-29-23-9-8-19(13-20(21)23)22-10-11-24-27(31-22)36-28(32-24)33-25(34)17-6-7-17/h3-5,8-14,16-17,29H,6-7H2,1-2H3,(H,30,35)(H,32,33,34)/t16-/m0/s1. The number of rotatable bonds is 6. The van der Waals surface area contributed by atoms with Gasteiger partial charge in [-0.05, 0) is 56.5 Å². The Morgan fingerprint density at radius 2 is 1.94 bits per heavy atom. The molecule has 3 aromatic heterocycles. The summed E-state index contributed by atoms with van der Waals surface area (Å²) in [5, 5.41) is 7.44. The Morgan fingerprint density at radius 3 is 2.75 bits per heavy atom. The summed E-state index contributed by atoms with van der Waals surface area (Å²) in [6, 6.07) is 17.8. The number of aromatic nitrogens is 3. The third kappa shape index (κ3) is 4.35. The summed E-state index contributed by atoms with van der Waals surface area (Å²) in [5.74, 6) is 0.0313. The zero-order valence-electron chi connectivity index (χ0n) is 20.0. The van der Waals surface area contributed by atoms with E-state index < -0.39 is 0 Å². The number of thiazole rings is 1. The fourth-order valence-corrected chi connectivity index (χ4v) is 5.19. The Labute approximate surface area is 212 Å². The molecule has 0 bridgehead atoms. The summed E-state index contributed by atoms with van der Waals surface area (Å²) in [5.41, 5.74) is 6.15. The molecule has 3 heterocycles. The number of aromatic amines is 1. The van der Waals surface area contributed by atoms with E-state index in [1.807, 2.05) is 62.4 Å². The predicted octanol–water partition coefficient (Wildman–Crippen LogP) is 5.99. The fourth-order valence-electron chi connectivity index (χ4n) is 4.35. The average Bonchev–Trinajstić information content (AvgIpc) is 3.52. The Hall–Kier alpha value is -4.04. The van der Waals surface area contributed by atoms with Crippen molar-refractivity contribution in [2.75, 3.05) is 5.32 Å². The highest BCUT2D eigenvalue weighted by atomic mass is 32.1. The van der Waals surface area contributed by atoms with Gasteiger partial charge in [0.1, 0.15) is 10.3 Å². The second kappa shape index (κ2) is 8.87. The van der Waals surface area contributed by atoms with E-state index in [9.17, 15) is 9.59 Å². The highest BCUT2D eigenvalue weighted by Crippen LogP contribution is 2.33. The number of nitrogens with zero attached hydrogens (tertiary/aromatic N) is 2. The lowest BCUT2D eigenvalue weighted by atomic mass is 10.0. The first-order chi connectivity index (χ1) is 17.4. The van der Waals surface area contributed by atoms with E-state index in [1.54, 1.807) is 6.20 Å². The largest absolute Gasteiger partial charge is 0.360 e. The topological polar surface area (TPSA) is 99.8 Å². The maximum absolute atomic E-state index is 13.2. The van der Waals surface area contributed by atoms with Crippen molar-refractivity contribution in [1.82, 2.24) is 20.3 Å². The zero-order chi connectivity index (χ0) is 24.8. The molecule has 0 saturated heterocycles. The van der Waals surface area contributed by atoms with Gasteiger partial charge in [-0.2, -0.15) is 0 Å². The quantitative estimate of drug-likeness (QED) is 0.269. The van der Waals surface area contributed by atoms with E-state index in [0.29, 0.717) is 10.7 Å². The molecular formula is C28H25N5O2S. The third-order valence-corrected chi connectivity index (χ3v) is 7.43. The lowest BCUT2D eigenvalue weighted by Gasteiger charge is -2.14. The van der Waals surface area contributed by atoms with Gasteiger partial charge in [0.15, 0.2) is 5.13 Å². The first-order valence-electron chi connectivity index (χ1n) is 12.0. The van der Waals surface area contributed by atoms with Crippen LogP contribution in [-0.4, -0.2) is 26.8 Å². The number of amides is 2. The molecule has 0 unspecified atom stereocenters.